The topological polar surface area (TPSA) is 61.8 Å². The highest BCUT2D eigenvalue weighted by atomic mass is 35.5. The van der Waals surface area contributed by atoms with E-state index in [1.807, 2.05) is 0 Å². The molecular formula is C31H49ClO5. The molecule has 0 aromatic rings. The number of carbonyl (C=O) groups is 2. The largest absolute Gasteiger partial charge is 0.462 e. The van der Waals surface area contributed by atoms with Gasteiger partial charge in [0.15, 0.2) is 0 Å². The molecular weight excluding hydrogens is 488 g/mol. The summed E-state index contributed by atoms with van der Waals surface area (Å²) in [6, 6.07) is 0. The number of hydrogen-bond donors (Lipinski definition) is 0. The minimum absolute atomic E-state index is 0.178. The molecule has 1 saturated heterocycles. The molecule has 5 rings (SSSR count). The van der Waals surface area contributed by atoms with Crippen LogP contribution in [0.15, 0.2) is 0 Å². The Hall–Kier alpha value is -0.810. The van der Waals surface area contributed by atoms with Crippen LogP contribution >= 0.6 is 11.6 Å². The second kappa shape index (κ2) is 9.98. The molecule has 11 atom stereocenters. The molecule has 0 amide bonds. The fourth-order valence-electron chi connectivity index (χ4n) is 10.4. The van der Waals surface area contributed by atoms with Crippen molar-refractivity contribution in [1.82, 2.24) is 0 Å². The number of alkyl halides is 1. The molecule has 4 saturated carbocycles. The van der Waals surface area contributed by atoms with Crippen LogP contribution in [0.5, 0.6) is 0 Å². The number of ether oxygens (including phenoxy) is 3. The molecule has 0 radical (unpaired) electrons. The van der Waals surface area contributed by atoms with E-state index >= 15 is 0 Å². The lowest BCUT2D eigenvalue weighted by molar-refractivity contribution is -0.203. The summed E-state index contributed by atoms with van der Waals surface area (Å²) in [5.74, 6) is 3.37. The first-order chi connectivity index (χ1) is 17.4. The number of esters is 2. The van der Waals surface area contributed by atoms with Crippen LogP contribution in [-0.4, -0.2) is 35.3 Å². The van der Waals surface area contributed by atoms with Crippen LogP contribution in [0.3, 0.4) is 0 Å². The third-order valence-electron chi connectivity index (χ3n) is 11.8. The molecule has 0 aromatic heterocycles. The van der Waals surface area contributed by atoms with Crippen molar-refractivity contribution in [3.05, 3.63) is 0 Å². The number of rotatable bonds is 7. The fourth-order valence-corrected chi connectivity index (χ4v) is 11.0. The number of halogens is 1. The summed E-state index contributed by atoms with van der Waals surface area (Å²) >= 11 is 7.64. The van der Waals surface area contributed by atoms with Gasteiger partial charge in [-0.2, -0.15) is 0 Å². The third-order valence-corrected chi connectivity index (χ3v) is 12.5. The first-order valence-corrected chi connectivity index (χ1v) is 15.5. The summed E-state index contributed by atoms with van der Waals surface area (Å²) in [7, 11) is 0. The summed E-state index contributed by atoms with van der Waals surface area (Å²) in [6.07, 6.45) is 11.0. The van der Waals surface area contributed by atoms with Gasteiger partial charge in [-0.05, 0) is 85.9 Å². The molecule has 1 heterocycles. The molecule has 0 aromatic carbocycles. The van der Waals surface area contributed by atoms with Crippen LogP contribution in [0, 0.1) is 46.3 Å². The van der Waals surface area contributed by atoms with Gasteiger partial charge in [0.05, 0.1) is 16.4 Å². The van der Waals surface area contributed by atoms with Crippen LogP contribution in [0.4, 0.5) is 0 Å². The van der Waals surface area contributed by atoms with Gasteiger partial charge in [-0.3, -0.25) is 9.59 Å². The van der Waals surface area contributed by atoms with E-state index in [-0.39, 0.29) is 24.1 Å². The van der Waals surface area contributed by atoms with Gasteiger partial charge >= 0.3 is 11.9 Å². The molecule has 0 unspecified atom stereocenters. The maximum Gasteiger partial charge on any atom is 0.304 e. The van der Waals surface area contributed by atoms with Gasteiger partial charge in [0.2, 0.25) is 6.29 Å². The molecule has 4 aliphatic carbocycles. The van der Waals surface area contributed by atoms with Crippen LogP contribution in [-0.2, 0) is 23.8 Å². The van der Waals surface area contributed by atoms with Crippen molar-refractivity contribution in [3.63, 3.8) is 0 Å². The molecule has 37 heavy (non-hydrogen) atoms. The average Bonchev–Trinajstić information content (AvgIpc) is 3.20. The molecule has 5 fully saturated rings. The van der Waals surface area contributed by atoms with E-state index in [9.17, 15) is 9.59 Å². The molecule has 6 heteroatoms. The Balaban J connectivity index is 1.41. The lowest BCUT2D eigenvalue weighted by Gasteiger charge is -2.62. The second-order valence-corrected chi connectivity index (χ2v) is 14.8. The highest BCUT2D eigenvalue weighted by Gasteiger charge is 2.77. The zero-order valence-corrected chi connectivity index (χ0v) is 24.6. The van der Waals surface area contributed by atoms with Crippen LogP contribution in [0.25, 0.3) is 0 Å². The molecule has 0 spiro atoms. The number of hydrogen-bond acceptors (Lipinski definition) is 5. The van der Waals surface area contributed by atoms with Crippen molar-refractivity contribution in [2.24, 2.45) is 46.3 Å². The summed E-state index contributed by atoms with van der Waals surface area (Å²) in [4.78, 5) is 23.3. The molecule has 210 valence electrons. The Labute approximate surface area is 229 Å². The minimum Gasteiger partial charge on any atom is -0.462 e. The van der Waals surface area contributed by atoms with Gasteiger partial charge in [0.25, 0.3) is 0 Å². The zero-order valence-electron chi connectivity index (χ0n) is 23.9. The van der Waals surface area contributed by atoms with Crippen LogP contribution in [0.2, 0.25) is 0 Å². The van der Waals surface area contributed by atoms with Gasteiger partial charge < -0.3 is 14.2 Å². The predicted molar refractivity (Wildman–Crippen MR) is 144 cm³/mol. The first kappa shape index (κ1) is 27.7. The number of carbonyl (C=O) groups excluding carboxylic acids is 2. The summed E-state index contributed by atoms with van der Waals surface area (Å²) in [5, 5.41) is 0. The normalized spacial score (nSPS) is 47.1. The second-order valence-electron chi connectivity index (χ2n) is 14.1. The van der Waals surface area contributed by atoms with E-state index in [0.29, 0.717) is 29.6 Å². The smallest absolute Gasteiger partial charge is 0.304 e. The molecule has 0 N–H and O–H groups in total. The van der Waals surface area contributed by atoms with E-state index in [4.69, 9.17) is 25.8 Å². The van der Waals surface area contributed by atoms with Crippen LogP contribution < -0.4 is 0 Å². The predicted octanol–water partition coefficient (Wildman–Crippen LogP) is 7.28. The maximum absolute atomic E-state index is 12.2. The SMILES string of the molecule is CC(=O)O[C@H]1CC[C@]23[C@H](OC(C)=O)O[C@H](C[C@H]4[C@H]2CC[C@]2(C)[C@@H]([C@H](C)CCCC(C)C)CC[C@@H]42)[C@@]3(Cl)C1. The Morgan fingerprint density at radius 3 is 2.38 bits per heavy atom. The van der Waals surface area contributed by atoms with Gasteiger partial charge in [-0.15, -0.1) is 11.6 Å². The molecule has 1 aliphatic heterocycles. The van der Waals surface area contributed by atoms with E-state index in [2.05, 4.69) is 27.7 Å². The Bertz CT molecular complexity index is 891. The highest BCUT2D eigenvalue weighted by molar-refractivity contribution is 6.25. The summed E-state index contributed by atoms with van der Waals surface area (Å²) < 4.78 is 18.2. The minimum atomic E-state index is -0.664. The highest BCUT2D eigenvalue weighted by Crippen LogP contribution is 2.74. The van der Waals surface area contributed by atoms with Gasteiger partial charge in [-0.1, -0.05) is 47.0 Å². The van der Waals surface area contributed by atoms with E-state index in [0.717, 1.165) is 43.4 Å². The molecule has 5 nitrogen and oxygen atoms in total. The quantitative estimate of drug-likeness (QED) is 0.253. The van der Waals surface area contributed by atoms with Crippen molar-refractivity contribution in [2.75, 3.05) is 0 Å². The first-order valence-electron chi connectivity index (χ1n) is 15.1. The maximum atomic E-state index is 12.2. The van der Waals surface area contributed by atoms with Gasteiger partial charge in [-0.25, -0.2) is 0 Å². The standard InChI is InChI=1S/C31H49ClO5/c1-18(2)8-7-9-19(3)24-10-11-25-23-16-27-31(32)17-22(35-20(4)33)12-15-30(31,28(37-27)36-21(5)34)26(23)13-14-29(24,25)6/h18-19,22-28H,7-17H2,1-6H3/t19-,22+,23-,24-,25+,26-,27-,28-,29-,30-,31+/m1/s1. The van der Waals surface area contributed by atoms with Gasteiger partial charge in [0.1, 0.15) is 6.10 Å². The summed E-state index contributed by atoms with van der Waals surface area (Å²) in [6.45, 7) is 12.7. The van der Waals surface area contributed by atoms with Crippen molar-refractivity contribution in [2.45, 2.75) is 136 Å². The van der Waals surface area contributed by atoms with E-state index in [1.165, 1.54) is 52.4 Å². The van der Waals surface area contributed by atoms with Crippen LogP contribution in [0.1, 0.15) is 112 Å². The Morgan fingerprint density at radius 2 is 1.70 bits per heavy atom. The zero-order chi connectivity index (χ0) is 26.8. The van der Waals surface area contributed by atoms with Crippen molar-refractivity contribution in [3.8, 4) is 0 Å². The van der Waals surface area contributed by atoms with Crippen molar-refractivity contribution < 1.29 is 23.8 Å². The van der Waals surface area contributed by atoms with Crippen molar-refractivity contribution >= 4 is 23.5 Å². The lowest BCUT2D eigenvalue weighted by atomic mass is 9.43. The average molecular weight is 537 g/mol. The summed E-state index contributed by atoms with van der Waals surface area (Å²) in [5.41, 5.74) is -0.0422. The third kappa shape index (κ3) is 4.37. The Morgan fingerprint density at radius 1 is 0.973 bits per heavy atom. The van der Waals surface area contributed by atoms with E-state index < -0.39 is 16.6 Å². The Kier molecular flexibility index (Phi) is 7.49. The monoisotopic (exact) mass is 536 g/mol. The lowest BCUT2D eigenvalue weighted by Crippen LogP contribution is -2.65. The fraction of sp³-hybridized carbons (Fsp3) is 0.935. The molecule has 2 bridgehead atoms. The molecule has 5 aliphatic rings. The van der Waals surface area contributed by atoms with Crippen molar-refractivity contribution in [1.29, 1.82) is 0 Å². The number of fused-ring (bicyclic) bond motifs is 3. The van der Waals surface area contributed by atoms with E-state index in [1.54, 1.807) is 0 Å². The van der Waals surface area contributed by atoms with Gasteiger partial charge in [0, 0.05) is 20.3 Å².